The number of morpholine rings is 1. The van der Waals surface area contributed by atoms with Crippen LogP contribution < -0.4 is 0 Å². The maximum atomic E-state index is 13.4. The molecule has 1 aliphatic heterocycles. The molecule has 2 aliphatic rings. The van der Waals surface area contributed by atoms with Crippen molar-refractivity contribution in [2.45, 2.75) is 38.3 Å². The lowest BCUT2D eigenvalue weighted by Crippen LogP contribution is -2.46. The highest BCUT2D eigenvalue weighted by Crippen LogP contribution is 2.27. The summed E-state index contributed by atoms with van der Waals surface area (Å²) >= 11 is 0. The molecule has 2 aromatic rings. The van der Waals surface area contributed by atoms with Crippen molar-refractivity contribution >= 4 is 5.91 Å². The van der Waals surface area contributed by atoms with Crippen molar-refractivity contribution < 1.29 is 14.1 Å². The Morgan fingerprint density at radius 1 is 1.30 bits per heavy atom. The fourth-order valence-corrected chi connectivity index (χ4v) is 3.97. The van der Waals surface area contributed by atoms with Crippen molar-refractivity contribution in [3.8, 4) is 0 Å². The molecular formula is C20H26N4O3. The maximum Gasteiger partial charge on any atom is 0.244 e. The number of aryl methyl sites for hydroxylation is 1. The minimum atomic E-state index is -0.352. The minimum Gasteiger partial charge on any atom is -0.379 e. The number of ether oxygens (including phenoxy) is 1. The van der Waals surface area contributed by atoms with Crippen LogP contribution in [0.25, 0.3) is 0 Å². The zero-order valence-corrected chi connectivity index (χ0v) is 15.8. The average molecular weight is 370 g/mol. The van der Waals surface area contributed by atoms with E-state index in [1.54, 1.807) is 17.3 Å². The summed E-state index contributed by atoms with van der Waals surface area (Å²) in [7, 11) is 1.84. The van der Waals surface area contributed by atoms with Gasteiger partial charge in [0, 0.05) is 44.5 Å². The van der Waals surface area contributed by atoms with Crippen molar-refractivity contribution in [1.82, 2.24) is 19.9 Å². The third kappa shape index (κ3) is 3.89. The number of hydrogen-bond donors (Lipinski definition) is 0. The lowest BCUT2D eigenvalue weighted by molar-refractivity contribution is -0.138. The molecule has 144 valence electrons. The molecule has 1 amide bonds. The van der Waals surface area contributed by atoms with Gasteiger partial charge in [-0.15, -0.1) is 0 Å². The number of carbonyl (C=O) groups excluding carboxylic acids is 1. The van der Waals surface area contributed by atoms with E-state index in [4.69, 9.17) is 9.26 Å². The van der Waals surface area contributed by atoms with Gasteiger partial charge in [-0.25, -0.2) is 0 Å². The molecule has 4 rings (SSSR count). The first-order valence-corrected chi connectivity index (χ1v) is 9.67. The first-order valence-electron chi connectivity index (χ1n) is 9.67. The highest BCUT2D eigenvalue weighted by atomic mass is 16.5. The largest absolute Gasteiger partial charge is 0.379 e. The van der Waals surface area contributed by atoms with Gasteiger partial charge in [-0.1, -0.05) is 11.2 Å². The van der Waals surface area contributed by atoms with Gasteiger partial charge >= 0.3 is 0 Å². The van der Waals surface area contributed by atoms with E-state index >= 15 is 0 Å². The van der Waals surface area contributed by atoms with Crippen LogP contribution in [0.3, 0.4) is 0 Å². The summed E-state index contributed by atoms with van der Waals surface area (Å²) in [5.74, 6) is 1.05. The van der Waals surface area contributed by atoms with E-state index < -0.39 is 0 Å². The van der Waals surface area contributed by atoms with Gasteiger partial charge in [0.1, 0.15) is 17.5 Å². The van der Waals surface area contributed by atoms with E-state index in [9.17, 15) is 4.79 Å². The number of hydrogen-bond acceptors (Lipinski definition) is 6. The molecule has 0 aromatic carbocycles. The molecule has 0 saturated carbocycles. The first kappa shape index (κ1) is 18.1. The van der Waals surface area contributed by atoms with Crippen molar-refractivity contribution in [3.63, 3.8) is 0 Å². The lowest BCUT2D eigenvalue weighted by Gasteiger charge is -2.35. The van der Waals surface area contributed by atoms with Gasteiger partial charge in [0.25, 0.3) is 0 Å². The molecule has 0 radical (unpaired) electrons. The van der Waals surface area contributed by atoms with Crippen LogP contribution >= 0.6 is 0 Å². The normalized spacial score (nSPS) is 18.7. The molecule has 7 nitrogen and oxygen atoms in total. The van der Waals surface area contributed by atoms with Crippen LogP contribution in [0.15, 0.2) is 29.0 Å². The van der Waals surface area contributed by atoms with E-state index in [2.05, 4.69) is 15.0 Å². The maximum absolute atomic E-state index is 13.4. The fourth-order valence-electron chi connectivity index (χ4n) is 3.97. The van der Waals surface area contributed by atoms with Crippen molar-refractivity contribution in [1.29, 1.82) is 0 Å². The summed E-state index contributed by atoms with van der Waals surface area (Å²) in [6, 6.07) is 3.50. The summed E-state index contributed by atoms with van der Waals surface area (Å²) < 4.78 is 11.0. The van der Waals surface area contributed by atoms with E-state index in [0.29, 0.717) is 19.8 Å². The first-order chi connectivity index (χ1) is 13.2. The Morgan fingerprint density at radius 2 is 2.11 bits per heavy atom. The third-order valence-corrected chi connectivity index (χ3v) is 5.44. The lowest BCUT2D eigenvalue weighted by atomic mass is 9.96. The predicted octanol–water partition coefficient (Wildman–Crippen LogP) is 1.98. The molecule has 1 atom stereocenters. The number of aromatic nitrogens is 2. The van der Waals surface area contributed by atoms with E-state index in [-0.39, 0.29) is 11.9 Å². The smallest absolute Gasteiger partial charge is 0.244 e. The average Bonchev–Trinajstić information content (AvgIpc) is 3.13. The molecule has 7 heteroatoms. The Morgan fingerprint density at radius 3 is 2.89 bits per heavy atom. The van der Waals surface area contributed by atoms with Crippen molar-refractivity contribution in [3.05, 3.63) is 47.1 Å². The molecule has 27 heavy (non-hydrogen) atoms. The highest BCUT2D eigenvalue weighted by Gasteiger charge is 2.32. The molecule has 0 spiro atoms. The number of pyridine rings is 1. The van der Waals surface area contributed by atoms with Crippen LogP contribution in [-0.2, 0) is 28.9 Å². The van der Waals surface area contributed by atoms with Gasteiger partial charge in [-0.05, 0) is 30.9 Å². The Labute approximate surface area is 159 Å². The second-order valence-corrected chi connectivity index (χ2v) is 7.27. The van der Waals surface area contributed by atoms with Crippen LogP contribution in [-0.4, -0.2) is 59.2 Å². The number of amides is 1. The Balaban J connectivity index is 1.54. The molecule has 0 N–H and O–H groups in total. The number of nitrogens with zero attached hydrogens (tertiary/aromatic N) is 4. The zero-order valence-electron chi connectivity index (χ0n) is 15.8. The van der Waals surface area contributed by atoms with Gasteiger partial charge in [-0.2, -0.15) is 0 Å². The standard InChI is InChI=1S/C20H26N4O3/c1-23(14-17-16-6-2-3-7-18(16)27-22-17)20(25)19(15-5-4-8-21-13-15)24-9-11-26-12-10-24/h4-5,8,13,19H,2-3,6-7,9-12,14H2,1H3. The SMILES string of the molecule is CN(Cc1noc2c1CCCC2)C(=O)C(c1cccnc1)N1CCOCC1. The molecule has 1 fully saturated rings. The molecule has 0 bridgehead atoms. The van der Waals surface area contributed by atoms with Gasteiger partial charge in [0.05, 0.1) is 19.8 Å². The number of fused-ring (bicyclic) bond motifs is 1. The summed E-state index contributed by atoms with van der Waals surface area (Å²) in [5.41, 5.74) is 3.01. The van der Waals surface area contributed by atoms with E-state index in [0.717, 1.165) is 55.8 Å². The predicted molar refractivity (Wildman–Crippen MR) is 99.0 cm³/mol. The highest BCUT2D eigenvalue weighted by molar-refractivity contribution is 5.83. The van der Waals surface area contributed by atoms with Crippen LogP contribution in [0, 0.1) is 0 Å². The van der Waals surface area contributed by atoms with E-state index in [1.165, 1.54) is 5.56 Å². The molecule has 1 aliphatic carbocycles. The molecule has 3 heterocycles. The quantitative estimate of drug-likeness (QED) is 0.801. The number of carbonyl (C=O) groups is 1. The van der Waals surface area contributed by atoms with Crippen molar-refractivity contribution in [2.24, 2.45) is 0 Å². The van der Waals surface area contributed by atoms with Crippen LogP contribution in [0.4, 0.5) is 0 Å². The van der Waals surface area contributed by atoms with Crippen LogP contribution in [0.1, 0.15) is 41.5 Å². The summed E-state index contributed by atoms with van der Waals surface area (Å²) in [4.78, 5) is 21.6. The van der Waals surface area contributed by atoms with Crippen LogP contribution in [0.5, 0.6) is 0 Å². The molecule has 2 aromatic heterocycles. The second kappa shape index (κ2) is 8.19. The molecule has 1 unspecified atom stereocenters. The third-order valence-electron chi connectivity index (χ3n) is 5.44. The van der Waals surface area contributed by atoms with Gasteiger partial charge in [0.15, 0.2) is 0 Å². The Hall–Kier alpha value is -2.25. The zero-order chi connectivity index (χ0) is 18.6. The summed E-state index contributed by atoms with van der Waals surface area (Å²) in [5, 5.41) is 4.25. The van der Waals surface area contributed by atoms with E-state index in [1.807, 2.05) is 19.2 Å². The fraction of sp³-hybridized carbons (Fsp3) is 0.550. The second-order valence-electron chi connectivity index (χ2n) is 7.27. The van der Waals surface area contributed by atoms with Gasteiger partial charge < -0.3 is 14.2 Å². The molecular weight excluding hydrogens is 344 g/mol. The Kier molecular flexibility index (Phi) is 5.50. The molecule has 1 saturated heterocycles. The number of rotatable bonds is 5. The van der Waals surface area contributed by atoms with Gasteiger partial charge in [-0.3, -0.25) is 14.7 Å². The van der Waals surface area contributed by atoms with Crippen LogP contribution in [0.2, 0.25) is 0 Å². The topological polar surface area (TPSA) is 71.7 Å². The summed E-state index contributed by atoms with van der Waals surface area (Å²) in [6.07, 6.45) is 7.76. The van der Waals surface area contributed by atoms with Gasteiger partial charge in [0.2, 0.25) is 5.91 Å². The summed E-state index contributed by atoms with van der Waals surface area (Å²) in [6.45, 7) is 3.23. The Bertz CT molecular complexity index is 771. The number of likely N-dealkylation sites (N-methyl/N-ethyl adjacent to an activating group) is 1. The minimum absolute atomic E-state index is 0.0532. The van der Waals surface area contributed by atoms with Crippen molar-refractivity contribution in [2.75, 3.05) is 33.4 Å². The monoisotopic (exact) mass is 370 g/mol.